The van der Waals surface area contributed by atoms with Gasteiger partial charge in [-0.1, -0.05) is 6.92 Å². The van der Waals surface area contributed by atoms with Crippen LogP contribution in [0.25, 0.3) is 0 Å². The highest BCUT2D eigenvalue weighted by atomic mass is 16.5. The van der Waals surface area contributed by atoms with Crippen LogP contribution in [0.4, 0.5) is 5.69 Å². The van der Waals surface area contributed by atoms with Gasteiger partial charge in [0.15, 0.2) is 0 Å². The van der Waals surface area contributed by atoms with Crippen LogP contribution in [0.2, 0.25) is 0 Å². The Morgan fingerprint density at radius 2 is 1.76 bits per heavy atom. The molecule has 10 heteroatoms. The Morgan fingerprint density at radius 3 is 2.39 bits per heavy atom. The monoisotopic (exact) mass is 527 g/mol. The van der Waals surface area contributed by atoms with Crippen LogP contribution in [0, 0.1) is 5.92 Å². The molecule has 0 bridgehead atoms. The molecular weight excluding hydrogens is 490 g/mol. The lowest BCUT2D eigenvalue weighted by Gasteiger charge is -2.36. The highest BCUT2D eigenvalue weighted by Gasteiger charge is 2.30. The van der Waals surface area contributed by atoms with E-state index >= 15 is 0 Å². The Balaban J connectivity index is 1.92. The number of rotatable bonds is 6. The first-order valence-electron chi connectivity index (χ1n) is 12.5. The highest BCUT2D eigenvalue weighted by molar-refractivity contribution is 6.05. The van der Waals surface area contributed by atoms with Gasteiger partial charge in [-0.25, -0.2) is 0 Å². The van der Waals surface area contributed by atoms with Crippen molar-refractivity contribution in [2.45, 2.75) is 26.0 Å². The van der Waals surface area contributed by atoms with Crippen molar-refractivity contribution >= 4 is 23.4 Å². The fourth-order valence-electron chi connectivity index (χ4n) is 4.35. The molecular formula is C28H37N3O7. The predicted octanol–water partition coefficient (Wildman–Crippen LogP) is 2.93. The predicted molar refractivity (Wildman–Crippen MR) is 143 cm³/mol. The molecule has 38 heavy (non-hydrogen) atoms. The van der Waals surface area contributed by atoms with E-state index in [0.29, 0.717) is 41.4 Å². The van der Waals surface area contributed by atoms with E-state index in [2.05, 4.69) is 5.32 Å². The molecule has 3 amide bonds. The molecule has 1 aliphatic heterocycles. The van der Waals surface area contributed by atoms with Crippen LogP contribution in [0.15, 0.2) is 42.5 Å². The molecule has 0 aromatic heterocycles. The summed E-state index contributed by atoms with van der Waals surface area (Å²) < 4.78 is 22.0. The second-order valence-electron chi connectivity index (χ2n) is 9.47. The van der Waals surface area contributed by atoms with Gasteiger partial charge in [-0.15, -0.1) is 0 Å². The first-order chi connectivity index (χ1) is 18.2. The van der Waals surface area contributed by atoms with Crippen molar-refractivity contribution in [3.8, 4) is 11.5 Å². The van der Waals surface area contributed by atoms with Gasteiger partial charge >= 0.3 is 0 Å². The smallest absolute Gasteiger partial charge is 0.257 e. The number of nitrogens with zero attached hydrogens (tertiary/aromatic N) is 2. The molecule has 0 aliphatic carbocycles. The summed E-state index contributed by atoms with van der Waals surface area (Å²) in [7, 11) is 6.33. The minimum absolute atomic E-state index is 0.0407. The zero-order valence-electron chi connectivity index (χ0n) is 22.9. The summed E-state index contributed by atoms with van der Waals surface area (Å²) >= 11 is 0. The third-order valence-electron chi connectivity index (χ3n) is 6.64. The largest absolute Gasteiger partial charge is 0.497 e. The number of nitrogens with one attached hydrogen (secondary N) is 1. The lowest BCUT2D eigenvalue weighted by Crippen LogP contribution is -2.49. The molecule has 1 heterocycles. The Bertz CT molecular complexity index is 1120. The first kappa shape index (κ1) is 28.9. The molecule has 0 fully saturated rings. The Kier molecular flexibility index (Phi) is 10.1. The van der Waals surface area contributed by atoms with Gasteiger partial charge in [0.25, 0.3) is 11.8 Å². The summed E-state index contributed by atoms with van der Waals surface area (Å²) in [6, 6.07) is 11.4. The van der Waals surface area contributed by atoms with E-state index in [1.54, 1.807) is 73.5 Å². The number of hydrogen-bond acceptors (Lipinski definition) is 7. The summed E-state index contributed by atoms with van der Waals surface area (Å²) in [6.07, 6.45) is -0.309. The van der Waals surface area contributed by atoms with Crippen molar-refractivity contribution in [2.75, 3.05) is 60.0 Å². The molecule has 0 spiro atoms. The van der Waals surface area contributed by atoms with E-state index in [4.69, 9.17) is 18.9 Å². The van der Waals surface area contributed by atoms with Crippen LogP contribution in [-0.2, 0) is 14.3 Å². The quantitative estimate of drug-likeness (QED) is 0.616. The molecule has 0 saturated heterocycles. The number of fused-ring (bicyclic) bond motifs is 1. The first-order valence-corrected chi connectivity index (χ1v) is 12.5. The number of carbonyl (C=O) groups is 3. The van der Waals surface area contributed by atoms with Crippen molar-refractivity contribution in [2.24, 2.45) is 5.92 Å². The number of likely N-dealkylation sites (N-methyl/N-ethyl adjacent to an activating group) is 1. The minimum atomic E-state index is -0.323. The van der Waals surface area contributed by atoms with Gasteiger partial charge < -0.3 is 34.1 Å². The van der Waals surface area contributed by atoms with Crippen LogP contribution < -0.4 is 14.8 Å². The standard InChI is InChI=1S/C28H37N3O7/c1-18-14-31(26(32)17-35-4)19(2)16-38-24-12-9-21(13-23(24)28(34)30(3)15-25(18)37-6)29-27(33)20-7-10-22(36-5)11-8-20/h7-13,18-19,25H,14-17H2,1-6H3,(H,29,33)/t18-,19-,25+/m0/s1. The van der Waals surface area contributed by atoms with Crippen LogP contribution in [0.1, 0.15) is 34.6 Å². The molecule has 206 valence electrons. The SMILES string of the molecule is COCC(=O)N1C[C@H](C)[C@H](OC)CN(C)C(=O)c2cc(NC(=O)c3ccc(OC)cc3)ccc2OC[C@@H]1C. The number of carbonyl (C=O) groups excluding carboxylic acids is 3. The molecule has 3 rings (SSSR count). The second kappa shape index (κ2) is 13.3. The maximum Gasteiger partial charge on any atom is 0.257 e. The number of methoxy groups -OCH3 is 3. The molecule has 0 unspecified atom stereocenters. The summed E-state index contributed by atoms with van der Waals surface area (Å²) in [6.45, 7) is 4.74. The fraction of sp³-hybridized carbons (Fsp3) is 0.464. The summed E-state index contributed by atoms with van der Waals surface area (Å²) in [4.78, 5) is 42.4. The van der Waals surface area contributed by atoms with Crippen molar-refractivity contribution in [3.05, 3.63) is 53.6 Å². The normalized spacial score (nSPS) is 20.5. The van der Waals surface area contributed by atoms with E-state index in [1.165, 1.54) is 7.11 Å². The van der Waals surface area contributed by atoms with Gasteiger partial charge in [0, 0.05) is 51.5 Å². The van der Waals surface area contributed by atoms with Crippen molar-refractivity contribution < 1.29 is 33.3 Å². The molecule has 3 atom stereocenters. The van der Waals surface area contributed by atoms with Crippen molar-refractivity contribution in [1.29, 1.82) is 0 Å². The average molecular weight is 528 g/mol. The number of amides is 3. The molecule has 1 aliphatic rings. The molecule has 2 aromatic carbocycles. The van der Waals surface area contributed by atoms with E-state index in [1.807, 2.05) is 13.8 Å². The summed E-state index contributed by atoms with van der Waals surface area (Å²) in [5.41, 5.74) is 1.19. The fourth-order valence-corrected chi connectivity index (χ4v) is 4.35. The number of anilines is 1. The topological polar surface area (TPSA) is 107 Å². The van der Waals surface area contributed by atoms with E-state index in [0.717, 1.165) is 0 Å². The Morgan fingerprint density at radius 1 is 1.05 bits per heavy atom. The van der Waals surface area contributed by atoms with Crippen molar-refractivity contribution in [1.82, 2.24) is 9.80 Å². The summed E-state index contributed by atoms with van der Waals surface area (Å²) in [5, 5.41) is 2.84. The van der Waals surface area contributed by atoms with E-state index in [-0.39, 0.29) is 49.0 Å². The second-order valence-corrected chi connectivity index (χ2v) is 9.47. The van der Waals surface area contributed by atoms with Gasteiger partial charge in [-0.2, -0.15) is 0 Å². The van der Waals surface area contributed by atoms with Gasteiger partial charge in [-0.05, 0) is 49.4 Å². The van der Waals surface area contributed by atoms with Gasteiger partial charge in [0.1, 0.15) is 24.7 Å². The third kappa shape index (κ3) is 7.02. The van der Waals surface area contributed by atoms with Gasteiger partial charge in [0.05, 0.1) is 24.8 Å². The lowest BCUT2D eigenvalue weighted by atomic mass is 10.0. The molecule has 0 radical (unpaired) electrons. The van der Waals surface area contributed by atoms with Crippen molar-refractivity contribution in [3.63, 3.8) is 0 Å². The maximum absolute atomic E-state index is 13.5. The van der Waals surface area contributed by atoms with Crippen LogP contribution in [-0.4, -0.2) is 94.3 Å². The van der Waals surface area contributed by atoms with E-state index in [9.17, 15) is 14.4 Å². The lowest BCUT2D eigenvalue weighted by molar-refractivity contribution is -0.139. The van der Waals surface area contributed by atoms with Crippen LogP contribution >= 0.6 is 0 Å². The minimum Gasteiger partial charge on any atom is -0.497 e. The molecule has 10 nitrogen and oxygen atoms in total. The third-order valence-corrected chi connectivity index (χ3v) is 6.64. The average Bonchev–Trinajstić information content (AvgIpc) is 2.92. The molecule has 1 N–H and O–H groups in total. The Labute approximate surface area is 223 Å². The zero-order chi connectivity index (χ0) is 27.8. The summed E-state index contributed by atoms with van der Waals surface area (Å²) in [5.74, 6) is 0.202. The number of ether oxygens (including phenoxy) is 4. The maximum atomic E-state index is 13.5. The highest BCUT2D eigenvalue weighted by Crippen LogP contribution is 2.27. The zero-order valence-corrected chi connectivity index (χ0v) is 22.9. The number of benzene rings is 2. The number of hydrogen-bond donors (Lipinski definition) is 1. The molecule has 2 aromatic rings. The van der Waals surface area contributed by atoms with Crippen LogP contribution in [0.5, 0.6) is 11.5 Å². The molecule has 0 saturated carbocycles. The van der Waals surface area contributed by atoms with Gasteiger partial charge in [0.2, 0.25) is 5.91 Å². The Hall–Kier alpha value is -3.63. The van der Waals surface area contributed by atoms with Crippen LogP contribution in [0.3, 0.4) is 0 Å². The van der Waals surface area contributed by atoms with Gasteiger partial charge in [-0.3, -0.25) is 14.4 Å². The van der Waals surface area contributed by atoms with E-state index < -0.39 is 0 Å².